The number of pyridine rings is 1. The molecule has 0 bridgehead atoms. The largest absolute Gasteiger partial charge is 0.497 e. The summed E-state index contributed by atoms with van der Waals surface area (Å²) in [5.41, 5.74) is 2.12. The van der Waals surface area contributed by atoms with Crippen LogP contribution in [0.3, 0.4) is 0 Å². The van der Waals surface area contributed by atoms with Crippen LogP contribution in [-0.4, -0.2) is 24.1 Å². The van der Waals surface area contributed by atoms with Gasteiger partial charge in [0, 0.05) is 23.1 Å². The van der Waals surface area contributed by atoms with Gasteiger partial charge in [0.1, 0.15) is 17.4 Å². The smallest absolute Gasteiger partial charge is 0.269 e. The van der Waals surface area contributed by atoms with Gasteiger partial charge in [-0.05, 0) is 35.9 Å². The lowest BCUT2D eigenvalue weighted by Crippen LogP contribution is -1.98. The summed E-state index contributed by atoms with van der Waals surface area (Å²) < 4.78 is 10.5. The van der Waals surface area contributed by atoms with Gasteiger partial charge in [-0.15, -0.1) is 0 Å². The SMILES string of the molecule is COc1ccc2nc(OC)c(C#N)c(-c3ccc([N+](=O)[O-])cc3)c2c1. The lowest BCUT2D eigenvalue weighted by atomic mass is 9.96. The van der Waals surface area contributed by atoms with E-state index < -0.39 is 4.92 Å². The number of nitro groups is 1. The van der Waals surface area contributed by atoms with E-state index in [2.05, 4.69) is 11.1 Å². The molecule has 0 aliphatic rings. The summed E-state index contributed by atoms with van der Waals surface area (Å²) in [6, 6.07) is 13.4. The van der Waals surface area contributed by atoms with Crippen molar-refractivity contribution in [3.63, 3.8) is 0 Å². The van der Waals surface area contributed by atoms with Crippen molar-refractivity contribution >= 4 is 16.6 Å². The van der Waals surface area contributed by atoms with Crippen molar-refractivity contribution in [3.05, 3.63) is 58.1 Å². The quantitative estimate of drug-likeness (QED) is 0.532. The Kier molecular flexibility index (Phi) is 4.18. The molecule has 7 heteroatoms. The van der Waals surface area contributed by atoms with E-state index in [4.69, 9.17) is 9.47 Å². The van der Waals surface area contributed by atoms with Gasteiger partial charge < -0.3 is 9.47 Å². The molecule has 0 unspecified atom stereocenters. The van der Waals surface area contributed by atoms with Crippen LogP contribution in [-0.2, 0) is 0 Å². The van der Waals surface area contributed by atoms with Gasteiger partial charge >= 0.3 is 0 Å². The fourth-order valence-corrected chi connectivity index (χ4v) is 2.65. The van der Waals surface area contributed by atoms with Gasteiger partial charge in [0.15, 0.2) is 0 Å². The lowest BCUT2D eigenvalue weighted by molar-refractivity contribution is -0.384. The highest BCUT2D eigenvalue weighted by Gasteiger charge is 2.18. The summed E-state index contributed by atoms with van der Waals surface area (Å²) in [5.74, 6) is 0.819. The number of ether oxygens (including phenoxy) is 2. The second kappa shape index (κ2) is 6.45. The number of rotatable bonds is 4. The molecule has 0 atom stereocenters. The van der Waals surface area contributed by atoms with E-state index in [1.165, 1.54) is 19.2 Å². The molecule has 1 aromatic heterocycles. The number of nitro benzene ring substituents is 1. The van der Waals surface area contributed by atoms with Gasteiger partial charge in [-0.1, -0.05) is 0 Å². The molecule has 0 saturated heterocycles. The molecule has 2 aromatic carbocycles. The van der Waals surface area contributed by atoms with E-state index in [0.29, 0.717) is 27.8 Å². The standard InChI is InChI=1S/C18H13N3O4/c1-24-13-7-8-16-14(9-13)17(15(10-19)18(20-16)25-2)11-3-5-12(6-4-11)21(22)23/h3-9H,1-2H3. The number of nitrogens with zero attached hydrogens (tertiary/aromatic N) is 3. The minimum atomic E-state index is -0.469. The molecule has 0 amide bonds. The van der Waals surface area contributed by atoms with Crippen LogP contribution in [0.1, 0.15) is 5.56 Å². The van der Waals surface area contributed by atoms with Gasteiger partial charge in [-0.3, -0.25) is 10.1 Å². The van der Waals surface area contributed by atoms with E-state index in [1.807, 2.05) is 0 Å². The second-order valence-electron chi connectivity index (χ2n) is 5.17. The summed E-state index contributed by atoms with van der Waals surface area (Å²) in [7, 11) is 2.99. The molecule has 0 radical (unpaired) electrons. The van der Waals surface area contributed by atoms with E-state index in [9.17, 15) is 15.4 Å². The number of non-ortho nitro benzene ring substituents is 1. The molecule has 0 aliphatic heterocycles. The fourth-order valence-electron chi connectivity index (χ4n) is 2.65. The van der Waals surface area contributed by atoms with E-state index >= 15 is 0 Å². The van der Waals surface area contributed by atoms with Crippen molar-refractivity contribution in [2.45, 2.75) is 0 Å². The van der Waals surface area contributed by atoms with Crippen molar-refractivity contribution in [1.82, 2.24) is 4.98 Å². The minimum Gasteiger partial charge on any atom is -0.497 e. The summed E-state index contributed by atoms with van der Waals surface area (Å²) in [6.07, 6.45) is 0. The average Bonchev–Trinajstić information content (AvgIpc) is 2.65. The summed E-state index contributed by atoms with van der Waals surface area (Å²) >= 11 is 0. The maximum absolute atomic E-state index is 10.9. The Morgan fingerprint density at radius 2 is 1.84 bits per heavy atom. The topological polar surface area (TPSA) is 98.3 Å². The van der Waals surface area contributed by atoms with Gasteiger partial charge in [0.25, 0.3) is 5.69 Å². The van der Waals surface area contributed by atoms with Gasteiger partial charge in [-0.2, -0.15) is 5.26 Å². The Morgan fingerprint density at radius 3 is 2.40 bits per heavy atom. The molecule has 0 fully saturated rings. The summed E-state index contributed by atoms with van der Waals surface area (Å²) in [4.78, 5) is 14.8. The molecule has 3 rings (SSSR count). The normalized spacial score (nSPS) is 10.3. The third-order valence-electron chi connectivity index (χ3n) is 3.83. The third-order valence-corrected chi connectivity index (χ3v) is 3.83. The molecule has 0 spiro atoms. The highest BCUT2D eigenvalue weighted by Crippen LogP contribution is 2.37. The first-order chi connectivity index (χ1) is 12.1. The maximum atomic E-state index is 10.9. The number of hydrogen-bond donors (Lipinski definition) is 0. The predicted octanol–water partition coefficient (Wildman–Crippen LogP) is 3.70. The van der Waals surface area contributed by atoms with Crippen LogP contribution in [0.4, 0.5) is 5.69 Å². The van der Waals surface area contributed by atoms with Gasteiger partial charge in [-0.25, -0.2) is 4.98 Å². The van der Waals surface area contributed by atoms with Crippen molar-refractivity contribution < 1.29 is 14.4 Å². The zero-order valence-corrected chi connectivity index (χ0v) is 13.5. The fraction of sp³-hybridized carbons (Fsp3) is 0.111. The zero-order chi connectivity index (χ0) is 18.0. The summed E-state index contributed by atoms with van der Waals surface area (Å²) in [6.45, 7) is 0. The monoisotopic (exact) mass is 335 g/mol. The van der Waals surface area contributed by atoms with Crippen LogP contribution in [0.25, 0.3) is 22.0 Å². The van der Waals surface area contributed by atoms with Crippen LogP contribution in [0.15, 0.2) is 42.5 Å². The molecule has 25 heavy (non-hydrogen) atoms. The summed E-state index contributed by atoms with van der Waals surface area (Å²) in [5, 5.41) is 21.2. The molecule has 0 N–H and O–H groups in total. The lowest BCUT2D eigenvalue weighted by Gasteiger charge is -2.13. The van der Waals surface area contributed by atoms with E-state index in [-0.39, 0.29) is 17.1 Å². The molecule has 1 heterocycles. The van der Waals surface area contributed by atoms with E-state index in [1.54, 1.807) is 37.4 Å². The number of methoxy groups -OCH3 is 2. The van der Waals surface area contributed by atoms with Gasteiger partial charge in [0.05, 0.1) is 24.7 Å². The molecule has 7 nitrogen and oxygen atoms in total. The zero-order valence-electron chi connectivity index (χ0n) is 13.5. The van der Waals surface area contributed by atoms with Crippen LogP contribution in [0.5, 0.6) is 11.6 Å². The van der Waals surface area contributed by atoms with Crippen LogP contribution in [0.2, 0.25) is 0 Å². The first-order valence-electron chi connectivity index (χ1n) is 7.29. The highest BCUT2D eigenvalue weighted by atomic mass is 16.6. The molecule has 124 valence electrons. The minimum absolute atomic E-state index is 0.0230. The van der Waals surface area contributed by atoms with Crippen LogP contribution >= 0.6 is 0 Å². The molecular weight excluding hydrogens is 322 g/mol. The Bertz CT molecular complexity index is 1010. The molecular formula is C18H13N3O4. The Labute approximate surface area is 143 Å². The van der Waals surface area contributed by atoms with Crippen molar-refractivity contribution in [1.29, 1.82) is 5.26 Å². The van der Waals surface area contributed by atoms with Gasteiger partial charge in [0.2, 0.25) is 5.88 Å². The Balaban J connectivity index is 2.36. The number of benzene rings is 2. The van der Waals surface area contributed by atoms with E-state index in [0.717, 1.165) is 0 Å². The molecule has 3 aromatic rings. The number of nitriles is 1. The van der Waals surface area contributed by atoms with Crippen molar-refractivity contribution in [3.8, 4) is 28.8 Å². The second-order valence-corrected chi connectivity index (χ2v) is 5.17. The first kappa shape index (κ1) is 16.2. The average molecular weight is 335 g/mol. The maximum Gasteiger partial charge on any atom is 0.269 e. The Morgan fingerprint density at radius 1 is 1.12 bits per heavy atom. The molecule has 0 saturated carbocycles. The third kappa shape index (κ3) is 2.81. The molecule has 0 aliphatic carbocycles. The highest BCUT2D eigenvalue weighted by molar-refractivity contribution is 5.99. The van der Waals surface area contributed by atoms with Crippen LogP contribution in [0, 0.1) is 21.4 Å². The number of aromatic nitrogens is 1. The predicted molar refractivity (Wildman–Crippen MR) is 91.7 cm³/mol. The number of hydrogen-bond acceptors (Lipinski definition) is 6. The van der Waals surface area contributed by atoms with Crippen molar-refractivity contribution in [2.75, 3.05) is 14.2 Å². The Hall–Kier alpha value is -3.66. The van der Waals surface area contributed by atoms with Crippen LogP contribution < -0.4 is 9.47 Å². The first-order valence-corrected chi connectivity index (χ1v) is 7.29. The number of fused-ring (bicyclic) bond motifs is 1. The van der Waals surface area contributed by atoms with Crippen molar-refractivity contribution in [2.24, 2.45) is 0 Å².